The van der Waals surface area contributed by atoms with Gasteiger partial charge >= 0.3 is 5.69 Å². The van der Waals surface area contributed by atoms with E-state index in [-0.39, 0.29) is 30.0 Å². The Morgan fingerprint density at radius 3 is 2.50 bits per heavy atom. The van der Waals surface area contributed by atoms with Gasteiger partial charge < -0.3 is 5.32 Å². The molecule has 32 heavy (non-hydrogen) atoms. The van der Waals surface area contributed by atoms with E-state index < -0.39 is 11.2 Å². The van der Waals surface area contributed by atoms with Gasteiger partial charge in [-0.05, 0) is 55.3 Å². The summed E-state index contributed by atoms with van der Waals surface area (Å²) < 4.78 is 2.34. The number of rotatable bonds is 5. The van der Waals surface area contributed by atoms with Gasteiger partial charge in [0.15, 0.2) is 0 Å². The average Bonchev–Trinajstić information content (AvgIpc) is 2.77. The van der Waals surface area contributed by atoms with E-state index in [0.29, 0.717) is 10.7 Å². The van der Waals surface area contributed by atoms with Gasteiger partial charge in [0.05, 0.1) is 11.9 Å². The van der Waals surface area contributed by atoms with Gasteiger partial charge in [0, 0.05) is 16.9 Å². The molecular weight excluding hydrogens is 428 g/mol. The third-order valence-corrected chi connectivity index (χ3v) is 5.44. The van der Waals surface area contributed by atoms with Gasteiger partial charge in [-0.3, -0.25) is 18.7 Å². The molecule has 0 unspecified atom stereocenters. The molecule has 1 N–H and O–H groups in total. The standard InChI is InChI=1S/C24H21ClN4O3/c1-15-5-10-20(16(2)12-15)27-21(30)14-28-22-19(4-3-11-26-22)23(31)29(24(28)32)13-17-6-8-18(25)9-7-17/h3-12H,13-14H2,1-2H3,(H,27,30). The Hall–Kier alpha value is -3.71. The van der Waals surface area contributed by atoms with Gasteiger partial charge in [-0.1, -0.05) is 41.4 Å². The molecule has 0 aliphatic carbocycles. The summed E-state index contributed by atoms with van der Waals surface area (Å²) >= 11 is 5.94. The van der Waals surface area contributed by atoms with Gasteiger partial charge in [-0.2, -0.15) is 0 Å². The Balaban J connectivity index is 1.74. The van der Waals surface area contributed by atoms with E-state index >= 15 is 0 Å². The van der Waals surface area contributed by atoms with Crippen molar-refractivity contribution in [1.82, 2.24) is 14.1 Å². The zero-order valence-corrected chi connectivity index (χ0v) is 18.4. The fourth-order valence-electron chi connectivity index (χ4n) is 3.59. The zero-order chi connectivity index (χ0) is 22.8. The molecule has 8 heteroatoms. The predicted octanol–water partition coefficient (Wildman–Crippen LogP) is 3.52. The van der Waals surface area contributed by atoms with Crippen LogP contribution in [-0.2, 0) is 17.9 Å². The molecule has 0 aliphatic rings. The van der Waals surface area contributed by atoms with Gasteiger partial charge in [0.1, 0.15) is 12.2 Å². The molecule has 0 bridgehead atoms. The number of hydrogen-bond donors (Lipinski definition) is 1. The summed E-state index contributed by atoms with van der Waals surface area (Å²) in [6.45, 7) is 3.65. The second-order valence-corrected chi connectivity index (χ2v) is 8.06. The second kappa shape index (κ2) is 8.80. The predicted molar refractivity (Wildman–Crippen MR) is 125 cm³/mol. The molecule has 2 aromatic carbocycles. The third-order valence-electron chi connectivity index (χ3n) is 5.19. The molecule has 2 heterocycles. The molecule has 1 amide bonds. The van der Waals surface area contributed by atoms with Crippen LogP contribution in [-0.4, -0.2) is 20.0 Å². The van der Waals surface area contributed by atoms with Crippen LogP contribution in [0.15, 0.2) is 70.4 Å². The molecule has 0 spiro atoms. The van der Waals surface area contributed by atoms with E-state index in [9.17, 15) is 14.4 Å². The number of amides is 1. The Bertz CT molecular complexity index is 1440. The highest BCUT2D eigenvalue weighted by molar-refractivity contribution is 6.30. The van der Waals surface area contributed by atoms with Gasteiger partial charge in [-0.15, -0.1) is 0 Å². The number of pyridine rings is 1. The van der Waals surface area contributed by atoms with Crippen LogP contribution in [0.3, 0.4) is 0 Å². The first kappa shape index (κ1) is 21.5. The number of aryl methyl sites for hydroxylation is 2. The van der Waals surface area contributed by atoms with E-state index in [0.717, 1.165) is 21.3 Å². The molecule has 4 aromatic rings. The summed E-state index contributed by atoms with van der Waals surface area (Å²) in [5.41, 5.74) is 2.52. The minimum absolute atomic E-state index is 0.0539. The molecule has 7 nitrogen and oxygen atoms in total. The number of carbonyl (C=O) groups excluding carboxylic acids is 1. The van der Waals surface area contributed by atoms with E-state index in [1.165, 1.54) is 10.8 Å². The van der Waals surface area contributed by atoms with E-state index in [2.05, 4.69) is 10.3 Å². The molecule has 0 radical (unpaired) electrons. The summed E-state index contributed by atoms with van der Waals surface area (Å²) in [7, 11) is 0. The average molecular weight is 449 g/mol. The highest BCUT2D eigenvalue weighted by atomic mass is 35.5. The first-order valence-corrected chi connectivity index (χ1v) is 10.4. The minimum atomic E-state index is -0.605. The SMILES string of the molecule is Cc1ccc(NC(=O)Cn2c(=O)n(Cc3ccc(Cl)cc3)c(=O)c3cccnc32)c(C)c1. The summed E-state index contributed by atoms with van der Waals surface area (Å²) in [4.78, 5) is 43.3. The monoisotopic (exact) mass is 448 g/mol. The number of benzene rings is 2. The van der Waals surface area contributed by atoms with Crippen molar-refractivity contribution in [3.05, 3.63) is 103 Å². The largest absolute Gasteiger partial charge is 0.333 e. The van der Waals surface area contributed by atoms with E-state index in [1.54, 1.807) is 36.4 Å². The number of aromatic nitrogens is 3. The summed E-state index contributed by atoms with van der Waals surface area (Å²) in [5, 5.41) is 3.66. The number of carbonyl (C=O) groups is 1. The Labute approximate surface area is 188 Å². The minimum Gasteiger partial charge on any atom is -0.324 e. The molecule has 2 aromatic heterocycles. The Kier molecular flexibility index (Phi) is 5.92. The highest BCUT2D eigenvalue weighted by Crippen LogP contribution is 2.16. The molecule has 4 rings (SSSR count). The van der Waals surface area contributed by atoms with Crippen molar-refractivity contribution < 1.29 is 4.79 Å². The number of halogens is 1. The lowest BCUT2D eigenvalue weighted by Crippen LogP contribution is -2.42. The summed E-state index contributed by atoms with van der Waals surface area (Å²) in [6.07, 6.45) is 1.49. The lowest BCUT2D eigenvalue weighted by atomic mass is 10.1. The van der Waals surface area contributed by atoms with Crippen molar-refractivity contribution in [2.24, 2.45) is 0 Å². The van der Waals surface area contributed by atoms with E-state index in [1.807, 2.05) is 32.0 Å². The normalized spacial score (nSPS) is 11.0. The Morgan fingerprint density at radius 2 is 1.78 bits per heavy atom. The maximum atomic E-state index is 13.3. The van der Waals surface area contributed by atoms with Crippen LogP contribution in [0.25, 0.3) is 11.0 Å². The van der Waals surface area contributed by atoms with Crippen LogP contribution in [0, 0.1) is 13.8 Å². The maximum Gasteiger partial charge on any atom is 0.333 e. The summed E-state index contributed by atoms with van der Waals surface area (Å²) in [6, 6.07) is 15.8. The first-order chi connectivity index (χ1) is 15.3. The number of nitrogens with one attached hydrogen (secondary N) is 1. The lowest BCUT2D eigenvalue weighted by Gasteiger charge is -2.14. The van der Waals surface area contributed by atoms with Crippen LogP contribution < -0.4 is 16.6 Å². The smallest absolute Gasteiger partial charge is 0.324 e. The van der Waals surface area contributed by atoms with Crippen molar-refractivity contribution in [3.63, 3.8) is 0 Å². The van der Waals surface area contributed by atoms with Crippen molar-refractivity contribution in [1.29, 1.82) is 0 Å². The topological polar surface area (TPSA) is 86.0 Å². The molecular formula is C24H21ClN4O3. The van der Waals surface area contributed by atoms with Crippen molar-refractivity contribution in [2.45, 2.75) is 26.9 Å². The molecule has 0 aliphatic heterocycles. The van der Waals surface area contributed by atoms with Crippen LogP contribution in [0.4, 0.5) is 5.69 Å². The first-order valence-electron chi connectivity index (χ1n) is 10.0. The van der Waals surface area contributed by atoms with Crippen molar-refractivity contribution in [3.8, 4) is 0 Å². The molecule has 0 saturated carbocycles. The fourth-order valence-corrected chi connectivity index (χ4v) is 3.72. The second-order valence-electron chi connectivity index (χ2n) is 7.63. The molecule has 0 atom stereocenters. The van der Waals surface area contributed by atoms with Crippen LogP contribution in [0.5, 0.6) is 0 Å². The third kappa shape index (κ3) is 4.33. The van der Waals surface area contributed by atoms with Crippen LogP contribution in [0.2, 0.25) is 5.02 Å². The fraction of sp³-hybridized carbons (Fsp3) is 0.167. The molecule has 0 fully saturated rings. The van der Waals surface area contributed by atoms with Crippen LogP contribution >= 0.6 is 11.6 Å². The number of fused-ring (bicyclic) bond motifs is 1. The Morgan fingerprint density at radius 1 is 1.03 bits per heavy atom. The summed E-state index contributed by atoms with van der Waals surface area (Å²) in [5.74, 6) is -0.386. The van der Waals surface area contributed by atoms with Gasteiger partial charge in [0.2, 0.25) is 5.91 Å². The number of anilines is 1. The highest BCUT2D eigenvalue weighted by Gasteiger charge is 2.17. The lowest BCUT2D eigenvalue weighted by molar-refractivity contribution is -0.116. The van der Waals surface area contributed by atoms with Crippen LogP contribution in [0.1, 0.15) is 16.7 Å². The van der Waals surface area contributed by atoms with Crippen molar-refractivity contribution >= 4 is 34.2 Å². The maximum absolute atomic E-state index is 13.3. The van der Waals surface area contributed by atoms with Gasteiger partial charge in [0.25, 0.3) is 5.56 Å². The number of nitrogens with zero attached hydrogens (tertiary/aromatic N) is 3. The quantitative estimate of drug-likeness (QED) is 0.506. The van der Waals surface area contributed by atoms with Gasteiger partial charge in [-0.25, -0.2) is 9.78 Å². The van der Waals surface area contributed by atoms with E-state index in [4.69, 9.17) is 11.6 Å². The molecule has 0 saturated heterocycles. The zero-order valence-electron chi connectivity index (χ0n) is 17.6. The molecule has 162 valence electrons. The van der Waals surface area contributed by atoms with Crippen molar-refractivity contribution in [2.75, 3.05) is 5.32 Å². The number of hydrogen-bond acceptors (Lipinski definition) is 4.